The molecule has 4 amide bonds. The van der Waals surface area contributed by atoms with Crippen LogP contribution in [0.3, 0.4) is 0 Å². The van der Waals surface area contributed by atoms with Crippen molar-refractivity contribution in [3.63, 3.8) is 0 Å². The van der Waals surface area contributed by atoms with Crippen LogP contribution in [-0.2, 0) is 28.8 Å². The maximum Gasteiger partial charge on any atom is 0.326 e. The average Bonchev–Trinajstić information content (AvgIpc) is 2.66. The van der Waals surface area contributed by atoms with Gasteiger partial charge in [-0.2, -0.15) is 11.8 Å². The van der Waals surface area contributed by atoms with Crippen LogP contribution in [0.25, 0.3) is 0 Å². The maximum atomic E-state index is 12.6. The Bertz CT molecular complexity index is 717. The third-order valence-corrected chi connectivity index (χ3v) is 4.89. The summed E-state index contributed by atoms with van der Waals surface area (Å²) in [6, 6.07) is -5.37. The van der Waals surface area contributed by atoms with Gasteiger partial charge in [0, 0.05) is 0 Å². The lowest BCUT2D eigenvalue weighted by Crippen LogP contribution is -2.59. The Morgan fingerprint density at radius 1 is 0.875 bits per heavy atom. The number of aliphatic carboxylic acids is 2. The number of nitrogens with two attached hydrogens (primary N) is 2. The summed E-state index contributed by atoms with van der Waals surface area (Å²) >= 11 is 1.40. The van der Waals surface area contributed by atoms with Crippen molar-refractivity contribution in [2.45, 2.75) is 57.3 Å². The topological polar surface area (TPSA) is 231 Å². The molecule has 0 radical (unpaired) electrons. The van der Waals surface area contributed by atoms with Gasteiger partial charge >= 0.3 is 11.9 Å². The first-order chi connectivity index (χ1) is 14.8. The van der Waals surface area contributed by atoms with E-state index in [4.69, 9.17) is 16.6 Å². The molecule has 9 N–H and O–H groups in total. The van der Waals surface area contributed by atoms with Crippen LogP contribution in [0.15, 0.2) is 0 Å². The number of thioether (sulfide) groups is 1. The van der Waals surface area contributed by atoms with Gasteiger partial charge in [0.25, 0.3) is 0 Å². The highest BCUT2D eigenvalue weighted by molar-refractivity contribution is 7.98. The van der Waals surface area contributed by atoms with Crippen molar-refractivity contribution in [2.75, 3.05) is 12.0 Å². The molecule has 182 valence electrons. The Labute approximate surface area is 189 Å². The second-order valence-corrected chi connectivity index (χ2v) is 8.33. The molecular weight excluding hydrogens is 446 g/mol. The zero-order chi connectivity index (χ0) is 25.0. The second kappa shape index (κ2) is 14.2. The van der Waals surface area contributed by atoms with Crippen LogP contribution < -0.4 is 27.4 Å². The first kappa shape index (κ1) is 29.1. The lowest BCUT2D eigenvalue weighted by molar-refractivity contribution is -0.143. The summed E-state index contributed by atoms with van der Waals surface area (Å²) in [6.45, 7) is 3.19. The lowest BCUT2D eigenvalue weighted by Gasteiger charge is -2.26. The minimum atomic E-state index is -1.60. The molecule has 0 aromatic carbocycles. The Hall–Kier alpha value is -2.87. The van der Waals surface area contributed by atoms with Gasteiger partial charge in [0.05, 0.1) is 18.9 Å². The molecule has 0 aliphatic heterocycles. The van der Waals surface area contributed by atoms with Crippen molar-refractivity contribution in [1.29, 1.82) is 0 Å². The van der Waals surface area contributed by atoms with E-state index in [9.17, 15) is 33.9 Å². The van der Waals surface area contributed by atoms with E-state index in [1.54, 1.807) is 20.1 Å². The number of nitrogens with one attached hydrogen (secondary N) is 3. The minimum absolute atomic E-state index is 0.163. The van der Waals surface area contributed by atoms with Gasteiger partial charge in [-0.15, -0.1) is 0 Å². The van der Waals surface area contributed by atoms with Gasteiger partial charge in [-0.3, -0.25) is 24.0 Å². The number of primary amides is 1. The molecule has 0 fully saturated rings. The maximum absolute atomic E-state index is 12.6. The number of carboxylic acids is 2. The highest BCUT2D eigenvalue weighted by atomic mass is 32.2. The molecule has 4 unspecified atom stereocenters. The minimum Gasteiger partial charge on any atom is -0.481 e. The van der Waals surface area contributed by atoms with Gasteiger partial charge in [-0.25, -0.2) is 4.79 Å². The standard InChI is InChI=1S/C18H31N5O8S/c1-8(2)14(17(29)21-10(18(30)31)4-5-32-3)23-16(28)11(7-13(25)26)22-15(27)9(19)6-12(20)24/h8-11,14H,4-7,19H2,1-3H3,(H2,20,24)(H,21,29)(H,22,27)(H,23,28)(H,25,26)(H,30,31). The van der Waals surface area contributed by atoms with E-state index in [0.29, 0.717) is 5.75 Å². The molecule has 0 saturated carbocycles. The normalized spacial score (nSPS) is 14.5. The van der Waals surface area contributed by atoms with Crippen molar-refractivity contribution in [3.8, 4) is 0 Å². The van der Waals surface area contributed by atoms with E-state index in [-0.39, 0.29) is 6.42 Å². The summed E-state index contributed by atoms with van der Waals surface area (Å²) in [5, 5.41) is 25.2. The summed E-state index contributed by atoms with van der Waals surface area (Å²) < 4.78 is 0. The summed E-state index contributed by atoms with van der Waals surface area (Å²) in [4.78, 5) is 70.8. The molecule has 0 aliphatic rings. The molecule has 14 heteroatoms. The fourth-order valence-electron chi connectivity index (χ4n) is 2.52. The molecule has 0 rings (SSSR count). The number of carbonyl (C=O) groups is 6. The number of hydrogen-bond donors (Lipinski definition) is 7. The zero-order valence-corrected chi connectivity index (χ0v) is 18.9. The van der Waals surface area contributed by atoms with E-state index in [1.165, 1.54) is 11.8 Å². The number of carboxylic acid groups (broad SMARTS) is 2. The van der Waals surface area contributed by atoms with Crippen molar-refractivity contribution >= 4 is 47.3 Å². The molecule has 0 aliphatic carbocycles. The third-order valence-electron chi connectivity index (χ3n) is 4.24. The Kier molecular flexibility index (Phi) is 13.0. The third kappa shape index (κ3) is 10.9. The first-order valence-electron chi connectivity index (χ1n) is 9.68. The smallest absolute Gasteiger partial charge is 0.326 e. The molecule has 0 aromatic heterocycles. The quantitative estimate of drug-likeness (QED) is 0.132. The molecule has 0 bridgehead atoms. The van der Waals surface area contributed by atoms with Crippen molar-refractivity contribution in [1.82, 2.24) is 16.0 Å². The van der Waals surface area contributed by atoms with Crippen LogP contribution in [-0.4, -0.2) is 82.0 Å². The fourth-order valence-corrected chi connectivity index (χ4v) is 2.99. The van der Waals surface area contributed by atoms with Gasteiger partial charge < -0.3 is 37.6 Å². The van der Waals surface area contributed by atoms with Crippen LogP contribution in [0, 0.1) is 5.92 Å². The van der Waals surface area contributed by atoms with Crippen LogP contribution in [0.5, 0.6) is 0 Å². The van der Waals surface area contributed by atoms with Gasteiger partial charge in [-0.05, 0) is 24.3 Å². The van der Waals surface area contributed by atoms with Crippen LogP contribution in [0.2, 0.25) is 0 Å². The van der Waals surface area contributed by atoms with E-state index < -0.39 is 78.5 Å². The Morgan fingerprint density at radius 2 is 1.44 bits per heavy atom. The monoisotopic (exact) mass is 477 g/mol. The predicted molar refractivity (Wildman–Crippen MR) is 115 cm³/mol. The number of hydrogen-bond acceptors (Lipinski definition) is 8. The molecule has 32 heavy (non-hydrogen) atoms. The van der Waals surface area contributed by atoms with Gasteiger partial charge in [0.15, 0.2) is 0 Å². The highest BCUT2D eigenvalue weighted by Gasteiger charge is 2.32. The van der Waals surface area contributed by atoms with E-state index in [2.05, 4.69) is 16.0 Å². The summed E-state index contributed by atoms with van der Waals surface area (Å²) in [6.07, 6.45) is 0.607. The highest BCUT2D eigenvalue weighted by Crippen LogP contribution is 2.07. The largest absolute Gasteiger partial charge is 0.481 e. The molecule has 13 nitrogen and oxygen atoms in total. The Balaban J connectivity index is 5.41. The zero-order valence-electron chi connectivity index (χ0n) is 18.1. The van der Waals surface area contributed by atoms with E-state index in [0.717, 1.165) is 0 Å². The summed E-state index contributed by atoms with van der Waals surface area (Å²) in [5.41, 5.74) is 10.5. The van der Waals surface area contributed by atoms with E-state index in [1.807, 2.05) is 0 Å². The molecule has 0 saturated heterocycles. The van der Waals surface area contributed by atoms with Crippen molar-refractivity contribution in [2.24, 2.45) is 17.4 Å². The number of amides is 4. The Morgan fingerprint density at radius 3 is 1.88 bits per heavy atom. The molecular formula is C18H31N5O8S. The predicted octanol–water partition coefficient (Wildman–Crippen LogP) is -2.39. The molecule has 4 atom stereocenters. The molecule has 0 aromatic rings. The van der Waals surface area contributed by atoms with Crippen LogP contribution >= 0.6 is 11.8 Å². The van der Waals surface area contributed by atoms with Gasteiger partial charge in [-0.1, -0.05) is 13.8 Å². The van der Waals surface area contributed by atoms with E-state index >= 15 is 0 Å². The summed E-state index contributed by atoms with van der Waals surface area (Å²) in [5.74, 6) is -6.26. The fraction of sp³-hybridized carbons (Fsp3) is 0.667. The average molecular weight is 478 g/mol. The summed E-state index contributed by atoms with van der Waals surface area (Å²) in [7, 11) is 0. The second-order valence-electron chi connectivity index (χ2n) is 7.35. The van der Waals surface area contributed by atoms with Crippen LogP contribution in [0.1, 0.15) is 33.1 Å². The van der Waals surface area contributed by atoms with Gasteiger partial charge in [0.1, 0.15) is 18.1 Å². The molecule has 0 heterocycles. The number of rotatable bonds is 15. The van der Waals surface area contributed by atoms with Crippen molar-refractivity contribution in [3.05, 3.63) is 0 Å². The van der Waals surface area contributed by atoms with Gasteiger partial charge in [0.2, 0.25) is 23.6 Å². The lowest BCUT2D eigenvalue weighted by atomic mass is 10.0. The molecule has 0 spiro atoms. The van der Waals surface area contributed by atoms with Crippen molar-refractivity contribution < 1.29 is 39.0 Å². The number of carbonyl (C=O) groups excluding carboxylic acids is 4. The van der Waals surface area contributed by atoms with Crippen LogP contribution in [0.4, 0.5) is 0 Å². The SMILES string of the molecule is CSCCC(NC(=O)C(NC(=O)C(CC(=O)O)NC(=O)C(N)CC(N)=O)C(C)C)C(=O)O. The first-order valence-corrected chi connectivity index (χ1v) is 11.1.